The van der Waals surface area contributed by atoms with E-state index in [9.17, 15) is 14.4 Å². The molecule has 0 aliphatic heterocycles. The molecule has 1 atom stereocenters. The highest BCUT2D eigenvalue weighted by molar-refractivity contribution is 6.30. The Bertz CT molecular complexity index is 1180. The van der Waals surface area contributed by atoms with E-state index in [0.29, 0.717) is 29.1 Å². The van der Waals surface area contributed by atoms with Gasteiger partial charge in [-0.15, -0.1) is 0 Å². The number of halogens is 1. The number of pyridine rings is 1. The Morgan fingerprint density at radius 1 is 1.10 bits per heavy atom. The molecule has 3 aromatic rings. The molecule has 4 rings (SSSR count). The summed E-state index contributed by atoms with van der Waals surface area (Å²) in [5.41, 5.74) is 2.26. The van der Waals surface area contributed by atoms with Crippen molar-refractivity contribution in [2.75, 3.05) is 7.11 Å². The van der Waals surface area contributed by atoms with Gasteiger partial charge in [-0.25, -0.2) is 0 Å². The number of Topliss-reactive ketones (excluding diaryl/α,β-unsaturated/α-hetero) is 1. The van der Waals surface area contributed by atoms with Gasteiger partial charge in [-0.05, 0) is 53.8 Å². The molecule has 0 fully saturated rings. The number of ether oxygens (including phenoxy) is 1. The van der Waals surface area contributed by atoms with E-state index in [2.05, 4.69) is 10.3 Å². The minimum atomic E-state index is -0.524. The zero-order valence-corrected chi connectivity index (χ0v) is 17.7. The van der Waals surface area contributed by atoms with Gasteiger partial charge in [0, 0.05) is 29.2 Å². The normalized spacial score (nSPS) is 15.3. The zero-order chi connectivity index (χ0) is 22.0. The van der Waals surface area contributed by atoms with E-state index in [-0.39, 0.29) is 23.8 Å². The first-order valence-corrected chi connectivity index (χ1v) is 10.3. The summed E-state index contributed by atoms with van der Waals surface area (Å²) in [5.74, 6) is 0.0919. The number of hydrogen-bond acceptors (Lipinski definition) is 4. The standard InChI is InChI=1S/C24H21ClN2O4/c1-31-18-8-4-15(5-9-18)16-10-21-19(22(28)11-16)12-20(24(30)27-21)23(29)26-13-14-2-6-17(25)7-3-14/h2-9,12,16H,10-11,13H2,1H3,(H,26,29)(H,27,30)/t16-/m0/s1. The lowest BCUT2D eigenvalue weighted by Gasteiger charge is -2.24. The van der Waals surface area contributed by atoms with Crippen molar-refractivity contribution in [3.8, 4) is 5.75 Å². The monoisotopic (exact) mass is 436 g/mol. The van der Waals surface area contributed by atoms with E-state index >= 15 is 0 Å². The number of rotatable bonds is 5. The molecule has 0 radical (unpaired) electrons. The number of H-pyrrole nitrogens is 1. The maximum atomic E-state index is 12.8. The minimum Gasteiger partial charge on any atom is -0.497 e. The molecule has 2 aromatic carbocycles. The van der Waals surface area contributed by atoms with Gasteiger partial charge in [0.15, 0.2) is 5.78 Å². The van der Waals surface area contributed by atoms with Crippen LogP contribution in [0.2, 0.25) is 5.02 Å². The van der Waals surface area contributed by atoms with Gasteiger partial charge >= 0.3 is 0 Å². The maximum Gasteiger partial charge on any atom is 0.261 e. The molecular formula is C24H21ClN2O4. The van der Waals surface area contributed by atoms with Crippen molar-refractivity contribution in [2.24, 2.45) is 0 Å². The Hall–Kier alpha value is -3.38. The molecule has 1 aliphatic rings. The van der Waals surface area contributed by atoms with Crippen LogP contribution in [0.1, 0.15) is 49.9 Å². The molecule has 0 saturated carbocycles. The van der Waals surface area contributed by atoms with Crippen molar-refractivity contribution in [1.29, 1.82) is 0 Å². The van der Waals surface area contributed by atoms with Crippen molar-refractivity contribution in [2.45, 2.75) is 25.3 Å². The highest BCUT2D eigenvalue weighted by Crippen LogP contribution is 2.32. The van der Waals surface area contributed by atoms with Gasteiger partial charge in [0.25, 0.3) is 11.5 Å². The first kappa shape index (κ1) is 20.9. The number of carbonyl (C=O) groups is 2. The molecule has 0 spiro atoms. The molecule has 1 amide bonds. The highest BCUT2D eigenvalue weighted by Gasteiger charge is 2.28. The summed E-state index contributed by atoms with van der Waals surface area (Å²) in [6.07, 6.45) is 0.840. The Morgan fingerprint density at radius 3 is 2.48 bits per heavy atom. The van der Waals surface area contributed by atoms with Gasteiger partial charge in [-0.1, -0.05) is 35.9 Å². The van der Waals surface area contributed by atoms with Crippen LogP contribution in [0.3, 0.4) is 0 Å². The molecule has 6 nitrogen and oxygen atoms in total. The van der Waals surface area contributed by atoms with Gasteiger partial charge in [-0.2, -0.15) is 0 Å². The van der Waals surface area contributed by atoms with Crippen LogP contribution in [-0.4, -0.2) is 23.8 Å². The fraction of sp³-hybridized carbons (Fsp3) is 0.208. The van der Waals surface area contributed by atoms with Crippen LogP contribution in [0.5, 0.6) is 5.75 Å². The summed E-state index contributed by atoms with van der Waals surface area (Å²) >= 11 is 5.86. The van der Waals surface area contributed by atoms with E-state index < -0.39 is 11.5 Å². The SMILES string of the molecule is COc1ccc([C@@H]2CC(=O)c3cc(C(=O)NCc4ccc(Cl)cc4)c(=O)[nH]c3C2)cc1. The van der Waals surface area contributed by atoms with Crippen molar-refractivity contribution < 1.29 is 14.3 Å². The van der Waals surface area contributed by atoms with Gasteiger partial charge in [0.05, 0.1) is 7.11 Å². The maximum absolute atomic E-state index is 12.8. The Morgan fingerprint density at radius 2 is 1.81 bits per heavy atom. The summed E-state index contributed by atoms with van der Waals surface area (Å²) in [5, 5.41) is 3.32. The van der Waals surface area contributed by atoms with Crippen LogP contribution in [0.15, 0.2) is 59.4 Å². The van der Waals surface area contributed by atoms with Crippen molar-refractivity contribution in [1.82, 2.24) is 10.3 Å². The summed E-state index contributed by atoms with van der Waals surface area (Å²) in [6, 6.07) is 16.0. The molecule has 1 aromatic heterocycles. The molecule has 0 unspecified atom stereocenters. The molecule has 158 valence electrons. The molecule has 0 saturated heterocycles. The van der Waals surface area contributed by atoms with Gasteiger partial charge < -0.3 is 15.0 Å². The first-order chi connectivity index (χ1) is 14.9. The largest absolute Gasteiger partial charge is 0.497 e. The lowest BCUT2D eigenvalue weighted by Crippen LogP contribution is -2.32. The molecule has 7 heteroatoms. The van der Waals surface area contributed by atoms with Gasteiger partial charge in [-0.3, -0.25) is 14.4 Å². The molecule has 31 heavy (non-hydrogen) atoms. The van der Waals surface area contributed by atoms with Crippen LogP contribution >= 0.6 is 11.6 Å². The van der Waals surface area contributed by atoms with Crippen LogP contribution in [-0.2, 0) is 13.0 Å². The number of aromatic amines is 1. The number of ketones is 1. The van der Waals surface area contributed by atoms with Crippen LogP contribution < -0.4 is 15.6 Å². The fourth-order valence-corrected chi connectivity index (χ4v) is 3.92. The second kappa shape index (κ2) is 8.78. The van der Waals surface area contributed by atoms with E-state index in [1.54, 1.807) is 31.4 Å². The first-order valence-electron chi connectivity index (χ1n) is 9.90. The summed E-state index contributed by atoms with van der Waals surface area (Å²) in [4.78, 5) is 40.7. The molecule has 0 bridgehead atoms. The number of nitrogens with one attached hydrogen (secondary N) is 2. The number of benzene rings is 2. The minimum absolute atomic E-state index is 0.0360. The average molecular weight is 437 g/mol. The quantitative estimate of drug-likeness (QED) is 0.635. The predicted molar refractivity (Wildman–Crippen MR) is 118 cm³/mol. The third kappa shape index (κ3) is 4.54. The van der Waals surface area contributed by atoms with Crippen molar-refractivity contribution in [3.05, 3.63) is 97.9 Å². The van der Waals surface area contributed by atoms with E-state index in [0.717, 1.165) is 16.9 Å². The number of aromatic nitrogens is 1. The second-order valence-corrected chi connectivity index (χ2v) is 7.95. The van der Waals surface area contributed by atoms with Gasteiger partial charge in [0.1, 0.15) is 11.3 Å². The Labute approximate surface area is 184 Å². The molecular weight excluding hydrogens is 416 g/mol. The fourth-order valence-electron chi connectivity index (χ4n) is 3.79. The molecule has 1 aliphatic carbocycles. The Kier molecular flexibility index (Phi) is 5.91. The van der Waals surface area contributed by atoms with E-state index in [1.807, 2.05) is 24.3 Å². The topological polar surface area (TPSA) is 88.3 Å². The number of carbonyl (C=O) groups excluding carboxylic acids is 2. The predicted octanol–water partition coefficient (Wildman–Crippen LogP) is 3.88. The third-order valence-corrected chi connectivity index (χ3v) is 5.76. The summed E-state index contributed by atoms with van der Waals surface area (Å²) < 4.78 is 5.18. The van der Waals surface area contributed by atoms with Crippen LogP contribution in [0, 0.1) is 0 Å². The molecule has 1 heterocycles. The zero-order valence-electron chi connectivity index (χ0n) is 16.9. The van der Waals surface area contributed by atoms with Crippen LogP contribution in [0.25, 0.3) is 0 Å². The number of methoxy groups -OCH3 is 1. The number of amides is 1. The van der Waals surface area contributed by atoms with E-state index in [1.165, 1.54) is 6.07 Å². The third-order valence-electron chi connectivity index (χ3n) is 5.50. The highest BCUT2D eigenvalue weighted by atomic mass is 35.5. The summed E-state index contributed by atoms with van der Waals surface area (Å²) in [7, 11) is 1.60. The lowest BCUT2D eigenvalue weighted by atomic mass is 9.81. The Balaban J connectivity index is 1.52. The number of fused-ring (bicyclic) bond motifs is 1. The van der Waals surface area contributed by atoms with Crippen molar-refractivity contribution in [3.63, 3.8) is 0 Å². The van der Waals surface area contributed by atoms with E-state index in [4.69, 9.17) is 16.3 Å². The summed E-state index contributed by atoms with van der Waals surface area (Å²) in [6.45, 7) is 0.250. The smallest absolute Gasteiger partial charge is 0.261 e. The lowest BCUT2D eigenvalue weighted by molar-refractivity contribution is 0.0949. The molecule has 2 N–H and O–H groups in total. The second-order valence-electron chi connectivity index (χ2n) is 7.52. The number of hydrogen-bond donors (Lipinski definition) is 2. The van der Waals surface area contributed by atoms with Crippen LogP contribution in [0.4, 0.5) is 0 Å². The van der Waals surface area contributed by atoms with Crippen molar-refractivity contribution >= 4 is 23.3 Å². The van der Waals surface area contributed by atoms with Gasteiger partial charge in [0.2, 0.25) is 0 Å². The average Bonchev–Trinajstić information content (AvgIpc) is 2.78.